The maximum absolute atomic E-state index is 4.24. The molecule has 58 valence electrons. The highest BCUT2D eigenvalue weighted by Crippen LogP contribution is 1.98. The van der Waals surface area contributed by atoms with E-state index in [1.807, 2.05) is 24.3 Å². The molecule has 2 rings (SSSR count). The summed E-state index contributed by atoms with van der Waals surface area (Å²) < 4.78 is 0. The molecule has 0 N–H and O–H groups in total. The zero-order valence-electron chi connectivity index (χ0n) is 6.75. The molecule has 0 atom stereocenters. The van der Waals surface area contributed by atoms with Gasteiger partial charge in [-0.05, 0) is 16.5 Å². The third-order valence-electron chi connectivity index (χ3n) is 1.94. The summed E-state index contributed by atoms with van der Waals surface area (Å²) in [6, 6.07) is 7.83. The second kappa shape index (κ2) is 2.45. The molecule has 0 bridgehead atoms. The monoisotopic (exact) mass is 155 g/mol. The van der Waals surface area contributed by atoms with Crippen molar-refractivity contribution < 1.29 is 0 Å². The molecule has 0 aliphatic carbocycles. The van der Waals surface area contributed by atoms with E-state index in [4.69, 9.17) is 0 Å². The summed E-state index contributed by atoms with van der Waals surface area (Å²) >= 11 is 0. The number of rotatable bonds is 0. The first-order valence-electron chi connectivity index (χ1n) is 3.80. The second-order valence-corrected chi connectivity index (χ2v) is 2.78. The predicted octanol–water partition coefficient (Wildman–Crippen LogP) is 1.06. The Balaban J connectivity index is 3.16. The summed E-state index contributed by atoms with van der Waals surface area (Å²) in [7, 11) is 0. The molecule has 2 aromatic rings. The maximum Gasteiger partial charge on any atom is 0.0774 e. The van der Waals surface area contributed by atoms with Crippen molar-refractivity contribution in [3.05, 3.63) is 40.9 Å². The number of hydrogen-bond acceptors (Lipinski definition) is 1. The number of nitrogens with zero attached hydrogens (tertiary/aromatic N) is 1. The molecule has 0 unspecified atom stereocenters. The molecule has 0 aliphatic rings. The Labute approximate surface area is 70.7 Å². The van der Waals surface area contributed by atoms with E-state index >= 15 is 0 Å². The van der Waals surface area contributed by atoms with Crippen molar-refractivity contribution in [2.45, 2.75) is 0 Å². The second-order valence-electron chi connectivity index (χ2n) is 2.78. The Hall–Kier alpha value is -1.63. The summed E-state index contributed by atoms with van der Waals surface area (Å²) in [5.41, 5.74) is 0.949. The summed E-state index contributed by atoms with van der Waals surface area (Å²) in [6.45, 7) is 7.82. The van der Waals surface area contributed by atoms with Gasteiger partial charge >= 0.3 is 0 Å². The average Bonchev–Trinajstić information content (AvgIpc) is 2.12. The van der Waals surface area contributed by atoms with Gasteiger partial charge in [-0.3, -0.25) is 4.98 Å². The minimum atomic E-state index is 0.949. The largest absolute Gasteiger partial charge is 0.256 e. The van der Waals surface area contributed by atoms with Crippen LogP contribution in [-0.4, -0.2) is 4.98 Å². The molecule has 1 aromatic carbocycles. The van der Waals surface area contributed by atoms with E-state index in [2.05, 4.69) is 18.1 Å². The van der Waals surface area contributed by atoms with E-state index < -0.39 is 0 Å². The zero-order valence-corrected chi connectivity index (χ0v) is 6.75. The predicted molar refractivity (Wildman–Crippen MR) is 52.0 cm³/mol. The van der Waals surface area contributed by atoms with Crippen LogP contribution in [0.5, 0.6) is 0 Å². The number of aromatic nitrogens is 1. The normalized spacial score (nSPS) is 10.3. The summed E-state index contributed by atoms with van der Waals surface area (Å²) in [5, 5.41) is 3.05. The fourth-order valence-corrected chi connectivity index (χ4v) is 1.29. The van der Waals surface area contributed by atoms with Crippen LogP contribution in [0.15, 0.2) is 30.5 Å². The Morgan fingerprint density at radius 1 is 1.00 bits per heavy atom. The lowest BCUT2D eigenvalue weighted by molar-refractivity contribution is 1.39. The van der Waals surface area contributed by atoms with Crippen LogP contribution in [0, 0.1) is 0 Å². The molecule has 0 spiro atoms. The minimum absolute atomic E-state index is 0.949. The Morgan fingerprint density at radius 3 is 2.50 bits per heavy atom. The van der Waals surface area contributed by atoms with Gasteiger partial charge in [0, 0.05) is 11.6 Å². The molecule has 0 aliphatic heterocycles. The zero-order chi connectivity index (χ0) is 8.55. The molecular weight excluding hydrogens is 146 g/mol. The van der Waals surface area contributed by atoms with Crippen LogP contribution in [0.1, 0.15) is 0 Å². The lowest BCUT2D eigenvalue weighted by Crippen LogP contribution is -2.09. The van der Waals surface area contributed by atoms with Crippen molar-refractivity contribution in [1.82, 2.24) is 4.98 Å². The van der Waals surface area contributed by atoms with E-state index in [0.717, 1.165) is 21.3 Å². The third kappa shape index (κ3) is 0.909. The molecule has 0 fully saturated rings. The number of hydrogen-bond donors (Lipinski definition) is 0. The van der Waals surface area contributed by atoms with Gasteiger partial charge in [0.05, 0.1) is 5.52 Å². The Morgan fingerprint density at radius 2 is 1.75 bits per heavy atom. The van der Waals surface area contributed by atoms with Gasteiger partial charge in [-0.25, -0.2) is 0 Å². The molecule has 0 amide bonds. The number of benzene rings is 1. The van der Waals surface area contributed by atoms with Crippen molar-refractivity contribution in [2.75, 3.05) is 0 Å². The first kappa shape index (κ1) is 7.04. The highest BCUT2D eigenvalue weighted by molar-refractivity contribution is 5.79. The standard InChI is InChI=1S/C11H9N/c1-8-5-6-9(2)11-10(8)4-3-7-12-11/h3-7H,1-2H2. The summed E-state index contributed by atoms with van der Waals surface area (Å²) in [4.78, 5) is 4.24. The number of pyridine rings is 1. The van der Waals surface area contributed by atoms with Gasteiger partial charge in [0.2, 0.25) is 0 Å². The smallest absolute Gasteiger partial charge is 0.0774 e. The van der Waals surface area contributed by atoms with E-state index in [1.54, 1.807) is 6.20 Å². The SMILES string of the molecule is C=c1ccc(=C)c2ncccc12. The topological polar surface area (TPSA) is 12.9 Å². The first-order valence-corrected chi connectivity index (χ1v) is 3.80. The van der Waals surface area contributed by atoms with Gasteiger partial charge in [-0.15, -0.1) is 0 Å². The summed E-state index contributed by atoms with van der Waals surface area (Å²) in [6.07, 6.45) is 1.77. The van der Waals surface area contributed by atoms with E-state index in [9.17, 15) is 0 Å². The fraction of sp³-hybridized carbons (Fsp3) is 0. The van der Waals surface area contributed by atoms with Crippen LogP contribution in [0.3, 0.4) is 0 Å². The van der Waals surface area contributed by atoms with E-state index in [-0.39, 0.29) is 0 Å². The lowest BCUT2D eigenvalue weighted by Gasteiger charge is -1.95. The van der Waals surface area contributed by atoms with Crippen molar-refractivity contribution in [1.29, 1.82) is 0 Å². The van der Waals surface area contributed by atoms with Gasteiger partial charge in [0.15, 0.2) is 0 Å². The molecule has 1 heterocycles. The summed E-state index contributed by atoms with van der Waals surface area (Å²) in [5.74, 6) is 0. The van der Waals surface area contributed by atoms with Crippen molar-refractivity contribution >= 4 is 24.1 Å². The van der Waals surface area contributed by atoms with E-state index in [0.29, 0.717) is 0 Å². The van der Waals surface area contributed by atoms with Crippen molar-refractivity contribution in [3.63, 3.8) is 0 Å². The molecule has 12 heavy (non-hydrogen) atoms. The van der Waals surface area contributed by atoms with Gasteiger partial charge in [-0.1, -0.05) is 31.4 Å². The highest BCUT2D eigenvalue weighted by atomic mass is 14.6. The van der Waals surface area contributed by atoms with Crippen LogP contribution in [0.2, 0.25) is 0 Å². The van der Waals surface area contributed by atoms with Gasteiger partial charge in [0.1, 0.15) is 0 Å². The molecule has 1 nitrogen and oxygen atoms in total. The molecule has 0 radical (unpaired) electrons. The molecule has 0 saturated heterocycles. The first-order chi connectivity index (χ1) is 5.79. The molecule has 0 saturated carbocycles. The van der Waals surface area contributed by atoms with Crippen LogP contribution in [0.25, 0.3) is 24.1 Å². The Kier molecular flexibility index (Phi) is 1.44. The highest BCUT2D eigenvalue weighted by Gasteiger charge is 1.92. The van der Waals surface area contributed by atoms with Gasteiger partial charge < -0.3 is 0 Å². The van der Waals surface area contributed by atoms with Crippen LogP contribution < -0.4 is 10.4 Å². The van der Waals surface area contributed by atoms with Crippen LogP contribution >= 0.6 is 0 Å². The van der Waals surface area contributed by atoms with Crippen LogP contribution in [-0.2, 0) is 0 Å². The number of fused-ring (bicyclic) bond motifs is 1. The Bertz CT molecular complexity index is 466. The van der Waals surface area contributed by atoms with Gasteiger partial charge in [-0.2, -0.15) is 0 Å². The van der Waals surface area contributed by atoms with Gasteiger partial charge in [0.25, 0.3) is 0 Å². The average molecular weight is 155 g/mol. The van der Waals surface area contributed by atoms with Crippen LogP contribution in [0.4, 0.5) is 0 Å². The quantitative estimate of drug-likeness (QED) is 0.554. The third-order valence-corrected chi connectivity index (χ3v) is 1.94. The minimum Gasteiger partial charge on any atom is -0.256 e. The molecule has 1 aromatic heterocycles. The van der Waals surface area contributed by atoms with E-state index in [1.165, 1.54) is 0 Å². The molecular formula is C11H9N. The lowest BCUT2D eigenvalue weighted by atomic mass is 10.1. The maximum atomic E-state index is 4.24. The molecule has 1 heteroatoms. The van der Waals surface area contributed by atoms with Crippen molar-refractivity contribution in [2.24, 2.45) is 0 Å². The fourth-order valence-electron chi connectivity index (χ4n) is 1.29. The van der Waals surface area contributed by atoms with Crippen molar-refractivity contribution in [3.8, 4) is 0 Å².